The average Bonchev–Trinajstić information content (AvgIpc) is 3.18. The first-order valence-corrected chi connectivity index (χ1v) is 8.62. The van der Waals surface area contributed by atoms with E-state index in [0.29, 0.717) is 5.69 Å². The number of aromatic nitrogens is 2. The number of carbonyl (C=O) groups is 1. The van der Waals surface area contributed by atoms with Gasteiger partial charge in [0.1, 0.15) is 28.3 Å². The van der Waals surface area contributed by atoms with Gasteiger partial charge in [0.2, 0.25) is 0 Å². The van der Waals surface area contributed by atoms with E-state index >= 15 is 0 Å². The molecule has 23 heavy (non-hydrogen) atoms. The molecule has 1 fully saturated rings. The van der Waals surface area contributed by atoms with Gasteiger partial charge in [-0.05, 0) is 33.6 Å². The number of rotatable bonds is 3. The van der Waals surface area contributed by atoms with Crippen LogP contribution in [0.3, 0.4) is 0 Å². The summed E-state index contributed by atoms with van der Waals surface area (Å²) in [5, 5.41) is 5.92. The van der Waals surface area contributed by atoms with Gasteiger partial charge in [-0.1, -0.05) is 12.8 Å². The molecule has 124 valence electrons. The molecule has 0 saturated heterocycles. The molecule has 1 saturated carbocycles. The standard InChI is InChI=1S/C16H21N3O3S/c1-15(2,3)22-14(20)19-16(6-4-5-7-16)13-18-12(9-23-13)11-8-21-10-17-11/h8-10H,4-7H2,1-3H3,(H,19,20). The first-order chi connectivity index (χ1) is 10.9. The van der Waals surface area contributed by atoms with Crippen LogP contribution in [0.15, 0.2) is 22.5 Å². The van der Waals surface area contributed by atoms with E-state index in [-0.39, 0.29) is 0 Å². The van der Waals surface area contributed by atoms with Gasteiger partial charge in [0, 0.05) is 5.38 Å². The van der Waals surface area contributed by atoms with Gasteiger partial charge in [-0.25, -0.2) is 14.8 Å². The normalized spacial score (nSPS) is 17.2. The Morgan fingerprint density at radius 3 is 2.70 bits per heavy atom. The van der Waals surface area contributed by atoms with E-state index in [1.165, 1.54) is 6.39 Å². The Bertz CT molecular complexity index is 667. The van der Waals surface area contributed by atoms with Crippen LogP contribution in [-0.4, -0.2) is 21.7 Å². The lowest BCUT2D eigenvalue weighted by atomic mass is 9.99. The lowest BCUT2D eigenvalue weighted by molar-refractivity contribution is 0.0453. The zero-order valence-corrected chi connectivity index (χ0v) is 14.4. The predicted octanol–water partition coefficient (Wildman–Crippen LogP) is 4.09. The molecule has 1 N–H and O–H groups in total. The zero-order valence-electron chi connectivity index (χ0n) is 13.6. The Kier molecular flexibility index (Phi) is 4.14. The summed E-state index contributed by atoms with van der Waals surface area (Å²) in [5.41, 5.74) is 0.530. The summed E-state index contributed by atoms with van der Waals surface area (Å²) >= 11 is 1.54. The number of thiazole rings is 1. The van der Waals surface area contributed by atoms with Crippen molar-refractivity contribution in [3.63, 3.8) is 0 Å². The van der Waals surface area contributed by atoms with Gasteiger partial charge in [-0.15, -0.1) is 11.3 Å². The first-order valence-electron chi connectivity index (χ1n) is 7.74. The van der Waals surface area contributed by atoms with Gasteiger partial charge in [-0.2, -0.15) is 0 Å². The number of hydrogen-bond acceptors (Lipinski definition) is 6. The van der Waals surface area contributed by atoms with E-state index < -0.39 is 17.2 Å². The van der Waals surface area contributed by atoms with E-state index in [4.69, 9.17) is 9.15 Å². The zero-order chi connectivity index (χ0) is 16.5. The summed E-state index contributed by atoms with van der Waals surface area (Å²) in [6.07, 6.45) is 6.44. The third-order valence-corrected chi connectivity index (χ3v) is 4.85. The molecule has 0 unspecified atom stereocenters. The monoisotopic (exact) mass is 335 g/mol. The van der Waals surface area contributed by atoms with Crippen molar-refractivity contribution in [1.82, 2.24) is 15.3 Å². The number of nitrogens with zero attached hydrogens (tertiary/aromatic N) is 2. The highest BCUT2D eigenvalue weighted by molar-refractivity contribution is 7.10. The highest BCUT2D eigenvalue weighted by Crippen LogP contribution is 2.41. The number of amides is 1. The highest BCUT2D eigenvalue weighted by Gasteiger charge is 2.41. The molecule has 1 aliphatic rings. The molecule has 0 aliphatic heterocycles. The Hall–Kier alpha value is -1.89. The highest BCUT2D eigenvalue weighted by atomic mass is 32.1. The van der Waals surface area contributed by atoms with E-state index in [9.17, 15) is 4.79 Å². The summed E-state index contributed by atoms with van der Waals surface area (Å²) in [5.74, 6) is 0. The number of hydrogen-bond donors (Lipinski definition) is 1. The molecular weight excluding hydrogens is 314 g/mol. The Morgan fingerprint density at radius 2 is 2.09 bits per heavy atom. The molecule has 0 radical (unpaired) electrons. The fourth-order valence-electron chi connectivity index (χ4n) is 2.82. The van der Waals surface area contributed by atoms with E-state index in [0.717, 1.165) is 36.4 Å². The molecule has 2 heterocycles. The minimum Gasteiger partial charge on any atom is -0.451 e. The smallest absolute Gasteiger partial charge is 0.408 e. The van der Waals surface area contributed by atoms with Crippen molar-refractivity contribution >= 4 is 17.4 Å². The summed E-state index contributed by atoms with van der Waals surface area (Å²) in [6.45, 7) is 5.58. The SMILES string of the molecule is CC(C)(C)OC(=O)NC1(c2nc(-c3cocn3)cs2)CCCC1. The topological polar surface area (TPSA) is 77.2 Å². The van der Waals surface area contributed by atoms with E-state index in [1.807, 2.05) is 26.2 Å². The van der Waals surface area contributed by atoms with Crippen LogP contribution in [0.5, 0.6) is 0 Å². The molecule has 2 aromatic heterocycles. The third kappa shape index (κ3) is 3.55. The van der Waals surface area contributed by atoms with Crippen molar-refractivity contribution in [2.75, 3.05) is 0 Å². The lowest BCUT2D eigenvalue weighted by Gasteiger charge is -2.30. The molecule has 3 rings (SSSR count). The van der Waals surface area contributed by atoms with Crippen LogP contribution in [0.4, 0.5) is 4.79 Å². The first kappa shape index (κ1) is 16.0. The summed E-state index contributed by atoms with van der Waals surface area (Å²) < 4.78 is 10.4. The average molecular weight is 335 g/mol. The van der Waals surface area contributed by atoms with Crippen molar-refractivity contribution < 1.29 is 13.9 Å². The fourth-order valence-corrected chi connectivity index (χ4v) is 3.85. The number of alkyl carbamates (subject to hydrolysis) is 1. The Labute approximate surface area is 139 Å². The summed E-state index contributed by atoms with van der Waals surface area (Å²) in [4.78, 5) is 21.1. The van der Waals surface area contributed by atoms with Crippen LogP contribution in [0.2, 0.25) is 0 Å². The molecule has 6 nitrogen and oxygen atoms in total. The number of nitrogens with one attached hydrogen (secondary N) is 1. The van der Waals surface area contributed by atoms with Gasteiger partial charge >= 0.3 is 6.09 Å². The summed E-state index contributed by atoms with van der Waals surface area (Å²) in [7, 11) is 0. The van der Waals surface area contributed by atoms with Gasteiger partial charge in [-0.3, -0.25) is 0 Å². The molecule has 0 atom stereocenters. The van der Waals surface area contributed by atoms with Crippen LogP contribution in [0.25, 0.3) is 11.4 Å². The molecule has 1 amide bonds. The van der Waals surface area contributed by atoms with Crippen molar-refractivity contribution in [2.45, 2.75) is 57.6 Å². The van der Waals surface area contributed by atoms with Crippen molar-refractivity contribution in [2.24, 2.45) is 0 Å². The predicted molar refractivity (Wildman–Crippen MR) is 87.1 cm³/mol. The van der Waals surface area contributed by atoms with Gasteiger partial charge in [0.15, 0.2) is 6.39 Å². The molecule has 0 bridgehead atoms. The lowest BCUT2D eigenvalue weighted by Crippen LogP contribution is -2.46. The number of carbonyl (C=O) groups excluding carboxylic acids is 1. The van der Waals surface area contributed by atoms with Crippen LogP contribution in [0, 0.1) is 0 Å². The molecule has 1 aliphatic carbocycles. The largest absolute Gasteiger partial charge is 0.451 e. The second-order valence-corrected chi connectivity index (χ2v) is 7.69. The minimum atomic E-state index is -0.515. The van der Waals surface area contributed by atoms with Gasteiger partial charge in [0.25, 0.3) is 0 Å². The molecule has 0 aromatic carbocycles. The Morgan fingerprint density at radius 1 is 1.35 bits per heavy atom. The van der Waals surface area contributed by atoms with Crippen LogP contribution in [-0.2, 0) is 10.3 Å². The van der Waals surface area contributed by atoms with E-state index in [2.05, 4.69) is 15.3 Å². The van der Waals surface area contributed by atoms with E-state index in [1.54, 1.807) is 17.6 Å². The second kappa shape index (κ2) is 5.96. The maximum atomic E-state index is 12.2. The van der Waals surface area contributed by atoms with Gasteiger partial charge in [0.05, 0.1) is 5.54 Å². The van der Waals surface area contributed by atoms with Crippen molar-refractivity contribution in [3.05, 3.63) is 23.0 Å². The number of ether oxygens (including phenoxy) is 1. The Balaban J connectivity index is 1.82. The molecule has 0 spiro atoms. The van der Waals surface area contributed by atoms with Crippen LogP contribution in [0.1, 0.15) is 51.5 Å². The molecule has 2 aromatic rings. The van der Waals surface area contributed by atoms with Crippen molar-refractivity contribution in [3.8, 4) is 11.4 Å². The molecular formula is C16H21N3O3S. The van der Waals surface area contributed by atoms with Crippen LogP contribution >= 0.6 is 11.3 Å². The minimum absolute atomic E-state index is 0.391. The summed E-state index contributed by atoms with van der Waals surface area (Å²) in [6, 6.07) is 0. The van der Waals surface area contributed by atoms with Crippen LogP contribution < -0.4 is 5.32 Å². The van der Waals surface area contributed by atoms with Gasteiger partial charge < -0.3 is 14.5 Å². The fraction of sp³-hybridized carbons (Fsp3) is 0.562. The quantitative estimate of drug-likeness (QED) is 0.914. The second-order valence-electron chi connectivity index (χ2n) is 6.83. The maximum Gasteiger partial charge on any atom is 0.408 e. The third-order valence-electron chi connectivity index (χ3n) is 3.81. The van der Waals surface area contributed by atoms with Crippen molar-refractivity contribution in [1.29, 1.82) is 0 Å². The maximum absolute atomic E-state index is 12.2. The molecule has 7 heteroatoms. The number of oxazole rings is 1.